The van der Waals surface area contributed by atoms with E-state index in [1.165, 1.54) is 17.2 Å². The van der Waals surface area contributed by atoms with Gasteiger partial charge in [0.15, 0.2) is 0 Å². The molecule has 126 valence electrons. The lowest BCUT2D eigenvalue weighted by atomic mass is 9.94. The van der Waals surface area contributed by atoms with Gasteiger partial charge < -0.3 is 5.11 Å². The second-order valence-electron chi connectivity index (χ2n) is 5.81. The van der Waals surface area contributed by atoms with Crippen LogP contribution in [0, 0.1) is 0 Å². The molecule has 1 aromatic rings. The Hall–Kier alpha value is -1.80. The normalized spacial score (nSPS) is 19.8. The van der Waals surface area contributed by atoms with Crippen molar-refractivity contribution < 1.29 is 14.7 Å². The number of phenolic OH excluding ortho intramolecular Hbond substituents is 1. The smallest absolute Gasteiger partial charge is 0.339 e. The fraction of sp³-hybridized carbons (Fsp3) is 0.375. The first-order valence-corrected chi connectivity index (χ1v) is 8.93. The Kier molecular flexibility index (Phi) is 4.96. The van der Waals surface area contributed by atoms with Gasteiger partial charge in [-0.2, -0.15) is 10.1 Å². The first-order chi connectivity index (χ1) is 11.5. The van der Waals surface area contributed by atoms with E-state index in [0.29, 0.717) is 5.56 Å². The van der Waals surface area contributed by atoms with Gasteiger partial charge in [0.1, 0.15) is 5.75 Å². The van der Waals surface area contributed by atoms with Gasteiger partial charge in [-0.25, -0.2) is 0 Å². The van der Waals surface area contributed by atoms with Crippen molar-refractivity contribution in [2.24, 2.45) is 5.10 Å². The molecule has 1 heterocycles. The summed E-state index contributed by atoms with van der Waals surface area (Å²) >= 11 is 8.60. The Balaban J connectivity index is 1.82. The van der Waals surface area contributed by atoms with Crippen LogP contribution in [-0.4, -0.2) is 44.2 Å². The van der Waals surface area contributed by atoms with Gasteiger partial charge in [-0.15, -0.1) is 0 Å². The molecule has 2 aliphatic rings. The summed E-state index contributed by atoms with van der Waals surface area (Å²) < 4.78 is 0.761. The van der Waals surface area contributed by atoms with Crippen LogP contribution in [0.3, 0.4) is 0 Å². The maximum atomic E-state index is 12.3. The average molecular weight is 410 g/mol. The van der Waals surface area contributed by atoms with Crippen LogP contribution < -0.4 is 0 Å². The molecule has 0 unspecified atom stereocenters. The lowest BCUT2D eigenvalue weighted by Crippen LogP contribution is -2.41. The lowest BCUT2D eigenvalue weighted by Gasteiger charge is -2.29. The van der Waals surface area contributed by atoms with E-state index in [1.54, 1.807) is 12.1 Å². The highest BCUT2D eigenvalue weighted by Gasteiger charge is 2.45. The van der Waals surface area contributed by atoms with Crippen molar-refractivity contribution in [3.63, 3.8) is 0 Å². The molecular weight excluding hydrogens is 394 g/mol. The van der Waals surface area contributed by atoms with E-state index in [9.17, 15) is 14.7 Å². The molecular formula is C16H16BrN3O3S. The van der Waals surface area contributed by atoms with E-state index >= 15 is 0 Å². The molecule has 0 atom stereocenters. The number of hydrazone groups is 1. The van der Waals surface area contributed by atoms with E-state index in [-0.39, 0.29) is 16.9 Å². The topological polar surface area (TPSA) is 73.2 Å². The largest absolute Gasteiger partial charge is 0.507 e. The average Bonchev–Trinajstić information content (AvgIpc) is 2.79. The fourth-order valence-corrected chi connectivity index (χ4v) is 3.72. The van der Waals surface area contributed by atoms with Crippen LogP contribution in [0.5, 0.6) is 5.75 Å². The van der Waals surface area contributed by atoms with Gasteiger partial charge in [-0.1, -0.05) is 35.2 Å². The third kappa shape index (κ3) is 3.21. The summed E-state index contributed by atoms with van der Waals surface area (Å²) in [6.07, 6.45) is 6.22. The molecule has 3 rings (SSSR count). The van der Waals surface area contributed by atoms with E-state index in [4.69, 9.17) is 12.2 Å². The number of benzene rings is 1. The highest BCUT2D eigenvalue weighted by molar-refractivity contribution is 9.10. The fourth-order valence-electron chi connectivity index (χ4n) is 2.98. The zero-order valence-corrected chi connectivity index (χ0v) is 15.2. The summed E-state index contributed by atoms with van der Waals surface area (Å²) in [6, 6.07) is 4.83. The van der Waals surface area contributed by atoms with Gasteiger partial charge in [-0.3, -0.25) is 14.5 Å². The Morgan fingerprint density at radius 1 is 1.21 bits per heavy atom. The number of thiocarbonyl (C=S) groups is 1. The Morgan fingerprint density at radius 3 is 2.62 bits per heavy atom. The van der Waals surface area contributed by atoms with Crippen LogP contribution in [0.2, 0.25) is 0 Å². The summed E-state index contributed by atoms with van der Waals surface area (Å²) in [4.78, 5) is 25.9. The molecule has 1 saturated heterocycles. The van der Waals surface area contributed by atoms with Crippen LogP contribution in [0.15, 0.2) is 27.8 Å². The Bertz CT molecular complexity index is 731. The van der Waals surface area contributed by atoms with Crippen LogP contribution >= 0.6 is 28.1 Å². The van der Waals surface area contributed by atoms with E-state index in [2.05, 4.69) is 21.0 Å². The zero-order chi connectivity index (χ0) is 17.3. The number of amides is 2. The van der Waals surface area contributed by atoms with Crippen LogP contribution in [0.1, 0.15) is 37.7 Å². The second-order valence-corrected chi connectivity index (χ2v) is 7.10. The minimum absolute atomic E-state index is 0.0231. The molecule has 2 fully saturated rings. The van der Waals surface area contributed by atoms with Gasteiger partial charge >= 0.3 is 11.8 Å². The van der Waals surface area contributed by atoms with Gasteiger partial charge in [0.05, 0.1) is 6.21 Å². The number of hydrogen-bond acceptors (Lipinski definition) is 5. The number of carbonyl (C=O) groups excluding carboxylic acids is 2. The van der Waals surface area contributed by atoms with E-state index < -0.39 is 11.8 Å². The molecule has 1 N–H and O–H groups in total. The molecule has 8 heteroatoms. The van der Waals surface area contributed by atoms with Crippen LogP contribution in [0.4, 0.5) is 0 Å². The summed E-state index contributed by atoms with van der Waals surface area (Å²) in [5.41, 5.74) is 0.420. The van der Waals surface area contributed by atoms with Crippen molar-refractivity contribution in [2.75, 3.05) is 0 Å². The standard InChI is InChI=1S/C16H16BrN3O3S/c17-11-6-7-13(21)10(8-11)9-18-20-15(23)14(22)19(16(20)24)12-4-2-1-3-5-12/h6-9,12,21H,1-5H2/b18-9+. The van der Waals surface area contributed by atoms with E-state index in [1.807, 2.05) is 0 Å². The number of hydrogen-bond donors (Lipinski definition) is 1. The van der Waals surface area contributed by atoms with Crippen molar-refractivity contribution in [3.8, 4) is 5.75 Å². The number of rotatable bonds is 3. The maximum absolute atomic E-state index is 12.3. The third-order valence-electron chi connectivity index (χ3n) is 4.22. The molecule has 0 bridgehead atoms. The molecule has 0 radical (unpaired) electrons. The minimum Gasteiger partial charge on any atom is -0.507 e. The molecule has 2 amide bonds. The molecule has 1 aliphatic heterocycles. The SMILES string of the molecule is O=C1C(=O)N(C2CCCCC2)C(=S)N1/N=C/c1cc(Br)ccc1O. The summed E-state index contributed by atoms with van der Waals surface area (Å²) in [6.45, 7) is 0. The lowest BCUT2D eigenvalue weighted by molar-refractivity contribution is -0.144. The van der Waals surface area contributed by atoms with Crippen molar-refractivity contribution in [1.82, 2.24) is 9.91 Å². The molecule has 1 aliphatic carbocycles. The van der Waals surface area contributed by atoms with Gasteiger partial charge in [0.2, 0.25) is 5.11 Å². The number of nitrogens with zero attached hydrogens (tertiary/aromatic N) is 3. The Morgan fingerprint density at radius 2 is 1.92 bits per heavy atom. The van der Waals surface area contributed by atoms with Crippen molar-refractivity contribution in [2.45, 2.75) is 38.1 Å². The predicted octanol–water partition coefficient (Wildman–Crippen LogP) is 2.78. The highest BCUT2D eigenvalue weighted by Crippen LogP contribution is 2.27. The first kappa shape index (κ1) is 17.0. The summed E-state index contributed by atoms with van der Waals surface area (Å²) in [7, 11) is 0. The number of carbonyl (C=O) groups is 2. The molecule has 24 heavy (non-hydrogen) atoms. The maximum Gasteiger partial charge on any atom is 0.339 e. The molecule has 0 spiro atoms. The van der Waals surface area contributed by atoms with Gasteiger partial charge in [0, 0.05) is 16.1 Å². The van der Waals surface area contributed by atoms with Crippen molar-refractivity contribution >= 4 is 51.3 Å². The zero-order valence-electron chi connectivity index (χ0n) is 12.8. The van der Waals surface area contributed by atoms with Gasteiger partial charge in [-0.05, 0) is 43.3 Å². The molecule has 1 aromatic carbocycles. The first-order valence-electron chi connectivity index (χ1n) is 7.73. The molecule has 1 saturated carbocycles. The predicted molar refractivity (Wildman–Crippen MR) is 96.6 cm³/mol. The Labute approximate surface area is 153 Å². The third-order valence-corrected chi connectivity index (χ3v) is 5.09. The second kappa shape index (κ2) is 6.98. The van der Waals surface area contributed by atoms with Crippen molar-refractivity contribution in [3.05, 3.63) is 28.2 Å². The van der Waals surface area contributed by atoms with Crippen LogP contribution in [0.25, 0.3) is 0 Å². The summed E-state index contributed by atoms with van der Waals surface area (Å²) in [5, 5.41) is 14.9. The van der Waals surface area contributed by atoms with E-state index in [0.717, 1.165) is 41.6 Å². The summed E-state index contributed by atoms with van der Waals surface area (Å²) in [5.74, 6) is -1.35. The van der Waals surface area contributed by atoms with Gasteiger partial charge in [0.25, 0.3) is 0 Å². The minimum atomic E-state index is -0.753. The number of aromatic hydroxyl groups is 1. The number of halogens is 1. The van der Waals surface area contributed by atoms with Crippen LogP contribution in [-0.2, 0) is 9.59 Å². The number of phenols is 1. The quantitative estimate of drug-likeness (QED) is 0.473. The highest BCUT2D eigenvalue weighted by atomic mass is 79.9. The van der Waals surface area contributed by atoms with Crippen molar-refractivity contribution in [1.29, 1.82) is 0 Å². The monoisotopic (exact) mass is 409 g/mol. The molecule has 0 aromatic heterocycles. The molecule has 6 nitrogen and oxygen atoms in total.